The van der Waals surface area contributed by atoms with Gasteiger partial charge in [0.25, 0.3) is 0 Å². The lowest BCUT2D eigenvalue weighted by Gasteiger charge is -2.39. The number of fused-ring (bicyclic) bond motifs is 1. The van der Waals surface area contributed by atoms with E-state index in [4.69, 9.17) is 9.05 Å². The minimum absolute atomic E-state index is 0.0500. The van der Waals surface area contributed by atoms with Crippen LogP contribution in [-0.4, -0.2) is 33.7 Å². The van der Waals surface area contributed by atoms with E-state index in [-0.39, 0.29) is 30.1 Å². The third-order valence-corrected chi connectivity index (χ3v) is 6.86. The van der Waals surface area contributed by atoms with Gasteiger partial charge in [-0.05, 0) is 26.0 Å². The topological polar surface area (TPSA) is 98.8 Å². The Morgan fingerprint density at radius 2 is 1.75 bits per heavy atom. The highest BCUT2D eigenvalue weighted by Gasteiger charge is 2.55. The lowest BCUT2D eigenvalue weighted by Crippen LogP contribution is -2.46. The summed E-state index contributed by atoms with van der Waals surface area (Å²) in [5.41, 5.74) is 0.490. The molecule has 0 heterocycles. The summed E-state index contributed by atoms with van der Waals surface area (Å²) < 4.78 is 50.6. The number of carbonyl (C=O) groups excluding carboxylic acids is 1. The minimum Gasteiger partial charge on any atom is -0.307 e. The normalized spacial score (nSPS) is 20.9. The summed E-state index contributed by atoms with van der Waals surface area (Å²) in [4.78, 5) is 12.1. The number of benzene rings is 1. The van der Waals surface area contributed by atoms with Crippen molar-refractivity contribution in [3.05, 3.63) is 47.5 Å². The summed E-state index contributed by atoms with van der Waals surface area (Å²) in [5.74, 6) is -0.309. The van der Waals surface area contributed by atoms with Crippen LogP contribution in [0.2, 0.25) is 0 Å². The first-order valence-electron chi connectivity index (χ1n) is 7.40. The Morgan fingerprint density at radius 1 is 1.17 bits per heavy atom. The van der Waals surface area contributed by atoms with E-state index in [1.165, 1.54) is 12.2 Å². The SMILES string of the molecule is CCOP(=O)(OCC)C1(NS(C)(=O)=O)C=CC(=O)c2ccccc21. The maximum atomic E-state index is 13.5. The number of allylic oxidation sites excluding steroid dienone is 1. The van der Waals surface area contributed by atoms with Gasteiger partial charge in [0.15, 0.2) is 11.1 Å². The van der Waals surface area contributed by atoms with E-state index in [1.54, 1.807) is 38.1 Å². The summed E-state index contributed by atoms with van der Waals surface area (Å²) in [6, 6.07) is 6.36. The van der Waals surface area contributed by atoms with E-state index in [9.17, 15) is 17.8 Å². The van der Waals surface area contributed by atoms with Crippen molar-refractivity contribution >= 4 is 23.4 Å². The molecule has 132 valence electrons. The van der Waals surface area contributed by atoms with Crippen molar-refractivity contribution in [2.45, 2.75) is 19.1 Å². The summed E-state index contributed by atoms with van der Waals surface area (Å²) in [5, 5.41) is -1.79. The van der Waals surface area contributed by atoms with Crippen molar-refractivity contribution < 1.29 is 26.8 Å². The van der Waals surface area contributed by atoms with Gasteiger partial charge in [-0.1, -0.05) is 24.3 Å². The van der Waals surface area contributed by atoms with Crippen LogP contribution >= 0.6 is 7.60 Å². The van der Waals surface area contributed by atoms with Crippen LogP contribution in [0.15, 0.2) is 36.4 Å². The monoisotopic (exact) mass is 373 g/mol. The Balaban J connectivity index is 2.81. The molecule has 0 saturated heterocycles. The van der Waals surface area contributed by atoms with Gasteiger partial charge >= 0.3 is 7.60 Å². The number of sulfonamides is 1. The Hall–Kier alpha value is -1.31. The van der Waals surface area contributed by atoms with Gasteiger partial charge in [0.05, 0.1) is 19.5 Å². The minimum atomic E-state index is -4.01. The molecule has 24 heavy (non-hydrogen) atoms. The molecule has 0 aliphatic heterocycles. The van der Waals surface area contributed by atoms with Crippen molar-refractivity contribution in [2.24, 2.45) is 0 Å². The van der Waals surface area contributed by atoms with E-state index in [1.807, 2.05) is 0 Å². The molecule has 9 heteroatoms. The largest absolute Gasteiger partial charge is 0.360 e. The van der Waals surface area contributed by atoms with E-state index in [0.29, 0.717) is 0 Å². The molecule has 1 aromatic carbocycles. The molecule has 0 bridgehead atoms. The molecule has 1 aromatic rings. The third kappa shape index (κ3) is 3.38. The molecule has 0 saturated carbocycles. The summed E-state index contributed by atoms with van der Waals surface area (Å²) >= 11 is 0. The van der Waals surface area contributed by atoms with Gasteiger partial charge in [-0.15, -0.1) is 0 Å². The molecule has 2 rings (SSSR count). The number of hydrogen-bond donors (Lipinski definition) is 1. The Kier molecular flexibility index (Phi) is 5.47. The molecule has 0 aromatic heterocycles. The fourth-order valence-corrected chi connectivity index (χ4v) is 6.25. The Labute approximate surface area is 141 Å². The molecule has 7 nitrogen and oxygen atoms in total. The fourth-order valence-electron chi connectivity index (χ4n) is 2.65. The first-order chi connectivity index (χ1) is 11.2. The second-order valence-electron chi connectivity index (χ2n) is 5.22. The lowest BCUT2D eigenvalue weighted by molar-refractivity contribution is 0.104. The highest BCUT2D eigenvalue weighted by molar-refractivity contribution is 7.89. The smallest absolute Gasteiger partial charge is 0.307 e. The predicted octanol–water partition coefficient (Wildman–Crippen LogP) is 2.41. The summed E-state index contributed by atoms with van der Waals surface area (Å²) in [6.07, 6.45) is 3.39. The molecule has 1 aliphatic carbocycles. The van der Waals surface area contributed by atoms with Gasteiger partial charge in [-0.3, -0.25) is 9.36 Å². The van der Waals surface area contributed by atoms with Gasteiger partial charge in [-0.25, -0.2) is 8.42 Å². The molecular weight excluding hydrogens is 353 g/mol. The average Bonchev–Trinajstić information content (AvgIpc) is 2.50. The van der Waals surface area contributed by atoms with E-state index >= 15 is 0 Å². The number of ketones is 1. The van der Waals surface area contributed by atoms with Crippen molar-refractivity contribution in [3.63, 3.8) is 0 Å². The van der Waals surface area contributed by atoms with E-state index in [0.717, 1.165) is 6.26 Å². The van der Waals surface area contributed by atoms with Crippen molar-refractivity contribution in [2.75, 3.05) is 19.5 Å². The second kappa shape index (κ2) is 6.90. The van der Waals surface area contributed by atoms with Crippen LogP contribution in [0.3, 0.4) is 0 Å². The molecular formula is C15H20NO6PS. The lowest BCUT2D eigenvalue weighted by atomic mass is 9.92. The number of nitrogens with one attached hydrogen (secondary N) is 1. The van der Waals surface area contributed by atoms with Gasteiger partial charge in [0.1, 0.15) is 0 Å². The molecule has 0 fully saturated rings. The van der Waals surface area contributed by atoms with Gasteiger partial charge in [0.2, 0.25) is 10.0 Å². The second-order valence-corrected chi connectivity index (χ2v) is 9.18. The summed E-state index contributed by atoms with van der Waals surface area (Å²) in [7, 11) is -7.82. The molecule has 0 radical (unpaired) electrons. The number of rotatable bonds is 7. The maximum Gasteiger partial charge on any atom is 0.360 e. The zero-order valence-electron chi connectivity index (χ0n) is 13.7. The quantitative estimate of drug-likeness (QED) is 0.737. The first-order valence-corrected chi connectivity index (χ1v) is 10.8. The van der Waals surface area contributed by atoms with Gasteiger partial charge in [0, 0.05) is 11.1 Å². The van der Waals surface area contributed by atoms with Crippen LogP contribution in [0.1, 0.15) is 29.8 Å². The van der Waals surface area contributed by atoms with Crippen molar-refractivity contribution in [1.29, 1.82) is 0 Å². The molecule has 0 amide bonds. The Bertz CT molecular complexity index is 809. The molecule has 0 spiro atoms. The standard InChI is InChI=1S/C15H20NO6PS/c1-4-21-23(18,22-5-2)15(16-24(3,19)20)11-10-14(17)12-8-6-7-9-13(12)15/h6-11,16H,4-5H2,1-3H3. The highest BCUT2D eigenvalue weighted by Crippen LogP contribution is 2.65. The van der Waals surface area contributed by atoms with Gasteiger partial charge in [-0.2, -0.15) is 4.72 Å². The molecule has 1 aliphatic rings. The highest BCUT2D eigenvalue weighted by atomic mass is 32.2. The van der Waals surface area contributed by atoms with E-state index < -0.39 is 22.9 Å². The molecule has 1 unspecified atom stereocenters. The Morgan fingerprint density at radius 3 is 2.29 bits per heavy atom. The van der Waals surface area contributed by atoms with Crippen molar-refractivity contribution in [1.82, 2.24) is 4.72 Å². The van der Waals surface area contributed by atoms with Crippen LogP contribution < -0.4 is 4.72 Å². The van der Waals surface area contributed by atoms with Crippen LogP contribution in [0.5, 0.6) is 0 Å². The number of carbonyl (C=O) groups is 1. The maximum absolute atomic E-state index is 13.5. The van der Waals surface area contributed by atoms with Crippen LogP contribution in [0.4, 0.5) is 0 Å². The zero-order chi connectivity index (χ0) is 18.0. The average molecular weight is 373 g/mol. The third-order valence-electron chi connectivity index (χ3n) is 3.45. The molecule has 1 atom stereocenters. The van der Waals surface area contributed by atoms with Crippen LogP contribution in [0, 0.1) is 0 Å². The van der Waals surface area contributed by atoms with Gasteiger partial charge < -0.3 is 9.05 Å². The first kappa shape index (κ1) is 19.0. The zero-order valence-corrected chi connectivity index (χ0v) is 15.4. The van der Waals surface area contributed by atoms with Crippen molar-refractivity contribution in [3.8, 4) is 0 Å². The predicted molar refractivity (Wildman–Crippen MR) is 90.4 cm³/mol. The molecule has 1 N–H and O–H groups in total. The van der Waals surface area contributed by atoms with Crippen LogP contribution in [-0.2, 0) is 28.9 Å². The van der Waals surface area contributed by atoms with Crippen LogP contribution in [0.25, 0.3) is 0 Å². The summed E-state index contributed by atoms with van der Waals surface area (Å²) in [6.45, 7) is 3.36. The number of hydrogen-bond acceptors (Lipinski definition) is 6. The fraction of sp³-hybridized carbons (Fsp3) is 0.400. The van der Waals surface area contributed by atoms with E-state index in [2.05, 4.69) is 4.72 Å².